The second-order valence-electron chi connectivity index (χ2n) is 4.94. The molecule has 0 aliphatic heterocycles. The summed E-state index contributed by atoms with van der Waals surface area (Å²) in [6, 6.07) is 11.5. The van der Waals surface area contributed by atoms with Crippen LogP contribution in [0, 0.1) is 0 Å². The zero-order chi connectivity index (χ0) is 17.5. The van der Waals surface area contributed by atoms with E-state index in [1.54, 1.807) is 12.1 Å². The van der Waals surface area contributed by atoms with Crippen LogP contribution in [0.25, 0.3) is 0 Å². The Bertz CT molecular complexity index is 733. The third kappa shape index (κ3) is 5.15. The zero-order valence-electron chi connectivity index (χ0n) is 12.9. The summed E-state index contributed by atoms with van der Waals surface area (Å²) in [5.74, 6) is -0.502. The van der Waals surface area contributed by atoms with Crippen LogP contribution in [-0.2, 0) is 11.2 Å². The van der Waals surface area contributed by atoms with Crippen molar-refractivity contribution in [1.82, 2.24) is 5.32 Å². The van der Waals surface area contributed by atoms with Gasteiger partial charge in [0, 0.05) is 11.6 Å². The fraction of sp³-hybridized carbons (Fsp3) is 0.176. The van der Waals surface area contributed by atoms with E-state index in [9.17, 15) is 9.59 Å². The van der Waals surface area contributed by atoms with Crippen molar-refractivity contribution >= 4 is 40.9 Å². The smallest absolute Gasteiger partial charge is 0.337 e. The Labute approximate surface area is 149 Å². The van der Waals surface area contributed by atoms with Crippen molar-refractivity contribution < 1.29 is 14.3 Å². The number of urea groups is 1. The van der Waals surface area contributed by atoms with Gasteiger partial charge < -0.3 is 15.4 Å². The maximum absolute atomic E-state index is 11.9. The monoisotopic (exact) mass is 366 g/mol. The first kappa shape index (κ1) is 18.1. The van der Waals surface area contributed by atoms with Crippen LogP contribution in [0.3, 0.4) is 0 Å². The number of nitrogens with one attached hydrogen (secondary N) is 2. The molecule has 2 amide bonds. The van der Waals surface area contributed by atoms with Crippen LogP contribution in [0.4, 0.5) is 10.5 Å². The number of halogens is 2. The van der Waals surface area contributed by atoms with Crippen molar-refractivity contribution in [3.8, 4) is 0 Å². The maximum Gasteiger partial charge on any atom is 0.337 e. The summed E-state index contributed by atoms with van der Waals surface area (Å²) in [6.45, 7) is 0.446. The first-order valence-electron chi connectivity index (χ1n) is 7.17. The van der Waals surface area contributed by atoms with Crippen molar-refractivity contribution in [2.75, 3.05) is 19.0 Å². The van der Waals surface area contributed by atoms with E-state index < -0.39 is 12.0 Å². The van der Waals surface area contributed by atoms with Crippen LogP contribution >= 0.6 is 23.2 Å². The van der Waals surface area contributed by atoms with Crippen molar-refractivity contribution in [1.29, 1.82) is 0 Å². The molecule has 2 aromatic rings. The molecule has 0 radical (unpaired) electrons. The largest absolute Gasteiger partial charge is 0.465 e. The number of esters is 1. The third-order valence-corrected chi connectivity index (χ3v) is 3.83. The molecule has 2 rings (SSSR count). The van der Waals surface area contributed by atoms with E-state index in [1.807, 2.05) is 12.1 Å². The molecule has 0 saturated carbocycles. The molecule has 0 aliphatic rings. The van der Waals surface area contributed by atoms with Crippen LogP contribution in [0.2, 0.25) is 10.0 Å². The number of ether oxygens (including phenoxy) is 1. The molecular weight excluding hydrogens is 351 g/mol. The molecule has 0 atom stereocenters. The number of carbonyl (C=O) groups excluding carboxylic acids is 2. The molecule has 0 aliphatic carbocycles. The normalized spacial score (nSPS) is 10.1. The highest BCUT2D eigenvalue weighted by Crippen LogP contribution is 2.23. The van der Waals surface area contributed by atoms with Gasteiger partial charge in [-0.05, 0) is 42.3 Å². The number of anilines is 1. The number of amides is 2. The molecule has 126 valence electrons. The van der Waals surface area contributed by atoms with Crippen LogP contribution < -0.4 is 10.6 Å². The molecular formula is C17H16Cl2N2O3. The number of hydrogen-bond acceptors (Lipinski definition) is 3. The third-order valence-electron chi connectivity index (χ3n) is 3.25. The molecule has 2 aromatic carbocycles. The fourth-order valence-electron chi connectivity index (χ4n) is 2.00. The summed E-state index contributed by atoms with van der Waals surface area (Å²) in [7, 11) is 1.29. The van der Waals surface area contributed by atoms with E-state index in [2.05, 4.69) is 15.4 Å². The quantitative estimate of drug-likeness (QED) is 0.781. The second-order valence-corrected chi connectivity index (χ2v) is 5.79. The Morgan fingerprint density at radius 1 is 1.08 bits per heavy atom. The minimum atomic E-state index is -0.502. The first-order chi connectivity index (χ1) is 11.5. The van der Waals surface area contributed by atoms with Crippen LogP contribution in [0.15, 0.2) is 42.5 Å². The van der Waals surface area contributed by atoms with E-state index in [1.165, 1.54) is 25.3 Å². The Morgan fingerprint density at radius 2 is 1.79 bits per heavy atom. The van der Waals surface area contributed by atoms with E-state index in [-0.39, 0.29) is 0 Å². The van der Waals surface area contributed by atoms with Gasteiger partial charge in [-0.25, -0.2) is 9.59 Å². The summed E-state index contributed by atoms with van der Waals surface area (Å²) in [5, 5.41) is 6.34. The molecule has 0 spiro atoms. The molecule has 0 unspecified atom stereocenters. The summed E-state index contributed by atoms with van der Waals surface area (Å²) < 4.78 is 4.64. The highest BCUT2D eigenvalue weighted by Gasteiger charge is 2.11. The van der Waals surface area contributed by atoms with Gasteiger partial charge in [0.2, 0.25) is 0 Å². The molecule has 0 fully saturated rings. The predicted octanol–water partition coefficient (Wildman–Crippen LogP) is 4.14. The van der Waals surface area contributed by atoms with Crippen molar-refractivity contribution in [3.05, 3.63) is 63.6 Å². The number of methoxy groups -OCH3 is 1. The topological polar surface area (TPSA) is 67.4 Å². The summed E-state index contributed by atoms with van der Waals surface area (Å²) >= 11 is 11.8. The lowest BCUT2D eigenvalue weighted by molar-refractivity contribution is 0.0600. The van der Waals surface area contributed by atoms with Crippen LogP contribution in [0.5, 0.6) is 0 Å². The summed E-state index contributed by atoms with van der Waals surface area (Å²) in [6.07, 6.45) is 0.667. The molecule has 0 aromatic heterocycles. The van der Waals surface area contributed by atoms with Gasteiger partial charge in [0.15, 0.2) is 0 Å². The van der Waals surface area contributed by atoms with Gasteiger partial charge in [-0.2, -0.15) is 0 Å². The lowest BCUT2D eigenvalue weighted by Gasteiger charge is -2.10. The van der Waals surface area contributed by atoms with Gasteiger partial charge >= 0.3 is 12.0 Å². The van der Waals surface area contributed by atoms with Gasteiger partial charge in [0.25, 0.3) is 0 Å². The van der Waals surface area contributed by atoms with E-state index in [4.69, 9.17) is 23.2 Å². The molecule has 7 heteroatoms. The van der Waals surface area contributed by atoms with E-state index in [0.717, 1.165) is 5.56 Å². The van der Waals surface area contributed by atoms with Crippen molar-refractivity contribution in [2.45, 2.75) is 6.42 Å². The van der Waals surface area contributed by atoms with Crippen LogP contribution in [-0.4, -0.2) is 25.7 Å². The second kappa shape index (κ2) is 8.57. The van der Waals surface area contributed by atoms with E-state index >= 15 is 0 Å². The van der Waals surface area contributed by atoms with Crippen molar-refractivity contribution in [2.24, 2.45) is 0 Å². The number of benzene rings is 2. The van der Waals surface area contributed by atoms with Gasteiger partial charge in [-0.3, -0.25) is 0 Å². The average molecular weight is 367 g/mol. The lowest BCUT2D eigenvalue weighted by Crippen LogP contribution is -2.30. The molecule has 24 heavy (non-hydrogen) atoms. The Kier molecular flexibility index (Phi) is 6.46. The Balaban J connectivity index is 1.90. The highest BCUT2D eigenvalue weighted by molar-refractivity contribution is 6.33. The number of rotatable bonds is 5. The standard InChI is InChI=1S/C17H16Cl2N2O3/c1-24-16(22)12-4-7-14(19)15(10-12)21-17(23)20-9-8-11-2-5-13(18)6-3-11/h2-7,10H,8-9H2,1H3,(H2,20,21,23). The minimum Gasteiger partial charge on any atom is -0.465 e. The van der Waals surface area contributed by atoms with Crippen molar-refractivity contribution in [3.63, 3.8) is 0 Å². The summed E-state index contributed by atoms with van der Waals surface area (Å²) in [5.41, 5.74) is 1.70. The predicted molar refractivity (Wildman–Crippen MR) is 95.0 cm³/mol. The van der Waals surface area contributed by atoms with Gasteiger partial charge in [0.1, 0.15) is 0 Å². The number of hydrogen-bond donors (Lipinski definition) is 2. The average Bonchev–Trinajstić information content (AvgIpc) is 2.58. The minimum absolute atomic E-state index is 0.304. The maximum atomic E-state index is 11.9. The van der Waals surface area contributed by atoms with Gasteiger partial charge in [0.05, 0.1) is 23.4 Å². The fourth-order valence-corrected chi connectivity index (χ4v) is 2.29. The first-order valence-corrected chi connectivity index (χ1v) is 7.92. The summed E-state index contributed by atoms with van der Waals surface area (Å²) in [4.78, 5) is 23.5. The molecule has 5 nitrogen and oxygen atoms in total. The van der Waals surface area contributed by atoms with E-state index in [0.29, 0.717) is 34.3 Å². The Morgan fingerprint density at radius 3 is 2.46 bits per heavy atom. The van der Waals surface area contributed by atoms with Gasteiger partial charge in [-0.1, -0.05) is 35.3 Å². The molecule has 0 saturated heterocycles. The lowest BCUT2D eigenvalue weighted by atomic mass is 10.1. The zero-order valence-corrected chi connectivity index (χ0v) is 14.4. The molecule has 0 heterocycles. The van der Waals surface area contributed by atoms with Gasteiger partial charge in [-0.15, -0.1) is 0 Å². The Hall–Kier alpha value is -2.24. The SMILES string of the molecule is COC(=O)c1ccc(Cl)c(NC(=O)NCCc2ccc(Cl)cc2)c1. The number of carbonyl (C=O) groups is 2. The molecule has 0 bridgehead atoms. The molecule has 2 N–H and O–H groups in total. The highest BCUT2D eigenvalue weighted by atomic mass is 35.5. The van der Waals surface area contributed by atoms with Crippen LogP contribution in [0.1, 0.15) is 15.9 Å².